The summed E-state index contributed by atoms with van der Waals surface area (Å²) in [5.74, 6) is 0.216. The van der Waals surface area contributed by atoms with Crippen LogP contribution in [0.5, 0.6) is 0 Å². The number of aryl methyl sites for hydroxylation is 1. The SMILES string of the molecule is [2H]c1cccc2c3ccccc3n(-c3ccc4c(c3)C3C=C[N+](C)=C(c5cc(C(C)(C)C)c6ccccc6c5C)C3N4C)c12. The van der Waals surface area contributed by atoms with Gasteiger partial charge in [0, 0.05) is 40.7 Å². The first-order valence-electron chi connectivity index (χ1n) is 15.8. The summed E-state index contributed by atoms with van der Waals surface area (Å²) in [6.45, 7) is 9.25. The van der Waals surface area contributed by atoms with Crippen LogP contribution in [0.3, 0.4) is 0 Å². The predicted octanol–water partition coefficient (Wildman–Crippen LogP) is 9.10. The molecular formula is C40H38N3+. The van der Waals surface area contributed by atoms with Gasteiger partial charge in [0.25, 0.3) is 0 Å². The second-order valence-electron chi connectivity index (χ2n) is 13.3. The predicted molar refractivity (Wildman–Crippen MR) is 183 cm³/mol. The molecule has 3 nitrogen and oxygen atoms in total. The zero-order valence-corrected chi connectivity index (χ0v) is 25.8. The fraction of sp³-hybridized carbons (Fsp3) is 0.225. The Labute approximate surface area is 255 Å². The van der Waals surface area contributed by atoms with Crippen molar-refractivity contribution in [1.29, 1.82) is 0 Å². The summed E-state index contributed by atoms with van der Waals surface area (Å²) in [7, 11) is 4.45. The van der Waals surface area contributed by atoms with Crippen molar-refractivity contribution in [2.45, 2.75) is 45.1 Å². The molecule has 6 aromatic rings. The van der Waals surface area contributed by atoms with Crippen molar-refractivity contribution in [2.75, 3.05) is 19.0 Å². The molecule has 5 aromatic carbocycles. The van der Waals surface area contributed by atoms with E-state index in [1.54, 1.807) is 0 Å². The lowest BCUT2D eigenvalue weighted by atomic mass is 9.78. The van der Waals surface area contributed by atoms with E-state index in [1.165, 1.54) is 49.8 Å². The van der Waals surface area contributed by atoms with E-state index in [0.29, 0.717) is 6.04 Å². The highest BCUT2D eigenvalue weighted by Crippen LogP contribution is 2.46. The number of anilines is 1. The summed E-state index contributed by atoms with van der Waals surface area (Å²) < 4.78 is 13.5. The van der Waals surface area contributed by atoms with Crippen LogP contribution in [-0.2, 0) is 5.41 Å². The maximum absolute atomic E-state index is 8.85. The number of fused-ring (bicyclic) bond motifs is 7. The summed E-state index contributed by atoms with van der Waals surface area (Å²) in [6, 6.07) is 33.5. The maximum atomic E-state index is 8.85. The third kappa shape index (κ3) is 3.70. The first-order chi connectivity index (χ1) is 21.1. The van der Waals surface area contributed by atoms with Gasteiger partial charge in [-0.3, -0.25) is 0 Å². The van der Waals surface area contributed by atoms with Crippen molar-refractivity contribution in [3.05, 3.63) is 132 Å². The van der Waals surface area contributed by atoms with E-state index in [4.69, 9.17) is 1.37 Å². The van der Waals surface area contributed by atoms with Crippen LogP contribution in [-0.4, -0.2) is 35.0 Å². The Morgan fingerprint density at radius 3 is 2.23 bits per heavy atom. The lowest BCUT2D eigenvalue weighted by Crippen LogP contribution is -2.44. The molecule has 0 amide bonds. The third-order valence-electron chi connectivity index (χ3n) is 9.83. The average Bonchev–Trinajstić information content (AvgIpc) is 3.50. The van der Waals surface area contributed by atoms with Crippen LogP contribution in [0.1, 0.15) is 50.3 Å². The largest absolute Gasteiger partial charge is 0.361 e. The monoisotopic (exact) mass is 561 g/mol. The van der Waals surface area contributed by atoms with Crippen molar-refractivity contribution < 1.29 is 5.95 Å². The molecule has 0 radical (unpaired) electrons. The lowest BCUT2D eigenvalue weighted by molar-refractivity contribution is -0.425. The van der Waals surface area contributed by atoms with Crippen LogP contribution >= 0.6 is 0 Å². The Morgan fingerprint density at radius 2 is 1.47 bits per heavy atom. The quantitative estimate of drug-likeness (QED) is 0.192. The van der Waals surface area contributed by atoms with E-state index in [-0.39, 0.29) is 17.4 Å². The standard InChI is InChI=1S/C40H38N3/c1-25-27-13-7-8-14-28(27)34(40(2,3)4)24-32(25)38-39-31(21-22-41(38)5)33-23-26(19-20-35(33)42(39)6)43-36-17-11-9-15-29(36)30-16-10-12-18-37(30)43/h7-24,31,39H,1-6H3/q+1/i17D. The number of hydrogen-bond donors (Lipinski definition) is 0. The van der Waals surface area contributed by atoms with E-state index in [9.17, 15) is 0 Å². The molecule has 43 heavy (non-hydrogen) atoms. The highest BCUT2D eigenvalue weighted by molar-refractivity contribution is 6.11. The molecule has 0 spiro atoms. The third-order valence-corrected chi connectivity index (χ3v) is 9.83. The van der Waals surface area contributed by atoms with Crippen LogP contribution in [0.4, 0.5) is 5.69 Å². The Hall–Kier alpha value is -4.63. The number of hydrogen-bond acceptors (Lipinski definition) is 1. The van der Waals surface area contributed by atoms with Crippen molar-refractivity contribution >= 4 is 44.0 Å². The zero-order valence-electron chi connectivity index (χ0n) is 26.8. The van der Waals surface area contributed by atoms with Gasteiger partial charge in [-0.1, -0.05) is 81.4 Å². The van der Waals surface area contributed by atoms with Gasteiger partial charge in [-0.2, -0.15) is 0 Å². The molecule has 212 valence electrons. The van der Waals surface area contributed by atoms with Crippen molar-refractivity contribution in [3.63, 3.8) is 0 Å². The van der Waals surface area contributed by atoms with Crippen LogP contribution in [0.15, 0.2) is 109 Å². The van der Waals surface area contributed by atoms with E-state index in [2.05, 4.69) is 147 Å². The molecule has 3 heteroatoms. The Kier molecular flexibility index (Phi) is 5.32. The molecule has 0 saturated heterocycles. The lowest BCUT2D eigenvalue weighted by Gasteiger charge is -2.30. The topological polar surface area (TPSA) is 11.2 Å². The Balaban J connectivity index is 1.31. The number of rotatable bonds is 2. The fourth-order valence-electron chi connectivity index (χ4n) is 7.77. The second-order valence-corrected chi connectivity index (χ2v) is 13.3. The van der Waals surface area contributed by atoms with Gasteiger partial charge in [0.15, 0.2) is 6.20 Å². The molecule has 0 aliphatic carbocycles. The number of aromatic nitrogens is 1. The van der Waals surface area contributed by atoms with Crippen LogP contribution in [0.25, 0.3) is 38.3 Å². The van der Waals surface area contributed by atoms with Gasteiger partial charge in [-0.05, 0) is 82.3 Å². The van der Waals surface area contributed by atoms with Gasteiger partial charge < -0.3 is 9.47 Å². The minimum atomic E-state index is 0.0174. The highest BCUT2D eigenvalue weighted by atomic mass is 15.2. The van der Waals surface area contributed by atoms with Gasteiger partial charge in [-0.15, -0.1) is 0 Å². The van der Waals surface area contributed by atoms with Gasteiger partial charge in [0.1, 0.15) is 13.1 Å². The van der Waals surface area contributed by atoms with Crippen molar-refractivity contribution in [3.8, 4) is 5.69 Å². The number of para-hydroxylation sites is 2. The molecule has 2 aliphatic rings. The summed E-state index contributed by atoms with van der Waals surface area (Å²) in [5.41, 5.74) is 11.2. The van der Waals surface area contributed by atoms with Crippen molar-refractivity contribution in [2.24, 2.45) is 0 Å². The van der Waals surface area contributed by atoms with E-state index in [1.807, 2.05) is 12.1 Å². The van der Waals surface area contributed by atoms with Crippen LogP contribution in [0.2, 0.25) is 0 Å². The van der Waals surface area contributed by atoms with Gasteiger partial charge in [0.2, 0.25) is 5.71 Å². The number of nitrogens with zero attached hydrogens (tertiary/aromatic N) is 3. The summed E-state index contributed by atoms with van der Waals surface area (Å²) >= 11 is 0. The molecule has 2 atom stereocenters. The maximum Gasteiger partial charge on any atom is 0.212 e. The fourth-order valence-corrected chi connectivity index (χ4v) is 7.77. The van der Waals surface area contributed by atoms with Gasteiger partial charge in [-0.25, -0.2) is 4.58 Å². The highest BCUT2D eigenvalue weighted by Gasteiger charge is 2.45. The minimum absolute atomic E-state index is 0.0174. The molecule has 1 aromatic heterocycles. The Morgan fingerprint density at radius 1 is 0.791 bits per heavy atom. The average molecular weight is 562 g/mol. The van der Waals surface area contributed by atoms with Gasteiger partial charge >= 0.3 is 0 Å². The molecule has 2 unspecified atom stereocenters. The first kappa shape index (κ1) is 24.9. The molecule has 8 rings (SSSR count). The Bertz CT molecular complexity index is 2230. The molecule has 2 aliphatic heterocycles. The molecule has 0 fully saturated rings. The van der Waals surface area contributed by atoms with E-state index in [0.717, 1.165) is 22.1 Å². The van der Waals surface area contributed by atoms with Crippen LogP contribution < -0.4 is 4.90 Å². The second kappa shape index (κ2) is 9.18. The molecule has 3 heterocycles. The summed E-state index contributed by atoms with van der Waals surface area (Å²) in [4.78, 5) is 2.48. The molecular weight excluding hydrogens is 522 g/mol. The zero-order chi connectivity index (χ0) is 30.5. The summed E-state index contributed by atoms with van der Waals surface area (Å²) in [6.07, 6.45) is 4.64. The number of likely N-dealkylation sites (N-methyl/N-ethyl adjacent to an activating group) is 1. The van der Waals surface area contributed by atoms with Gasteiger partial charge in [0.05, 0.1) is 12.4 Å². The normalized spacial score (nSPS) is 18.6. The smallest absolute Gasteiger partial charge is 0.212 e. The van der Waals surface area contributed by atoms with Crippen LogP contribution in [0, 0.1) is 6.92 Å². The molecule has 0 N–H and O–H groups in total. The molecule has 0 bridgehead atoms. The van der Waals surface area contributed by atoms with E-state index >= 15 is 0 Å². The first-order valence-corrected chi connectivity index (χ1v) is 15.3. The van der Waals surface area contributed by atoms with E-state index < -0.39 is 0 Å². The minimum Gasteiger partial charge on any atom is -0.361 e. The molecule has 0 saturated carbocycles. The number of benzene rings is 5. The summed E-state index contributed by atoms with van der Waals surface area (Å²) in [5, 5.41) is 4.99. The van der Waals surface area contributed by atoms with Crippen molar-refractivity contribution in [1.82, 2.24) is 4.57 Å².